The van der Waals surface area contributed by atoms with E-state index in [0.29, 0.717) is 19.8 Å². The maximum atomic E-state index is 11.0. The van der Waals surface area contributed by atoms with Crippen LogP contribution in [0.3, 0.4) is 0 Å². The van der Waals surface area contributed by atoms with Crippen molar-refractivity contribution in [2.24, 2.45) is 5.92 Å². The predicted molar refractivity (Wildman–Crippen MR) is 76.2 cm³/mol. The molecule has 2 aliphatic rings. The van der Waals surface area contributed by atoms with Gasteiger partial charge in [-0.2, -0.15) is 0 Å². The summed E-state index contributed by atoms with van der Waals surface area (Å²) in [7, 11) is 0. The molecule has 0 saturated carbocycles. The van der Waals surface area contributed by atoms with E-state index < -0.39 is 5.97 Å². The fourth-order valence-electron chi connectivity index (χ4n) is 2.65. The molecule has 0 bridgehead atoms. The minimum Gasteiger partial charge on any atom is -0.486 e. The van der Waals surface area contributed by atoms with E-state index in [2.05, 4.69) is 20.8 Å². The van der Waals surface area contributed by atoms with Crippen molar-refractivity contribution in [3.8, 4) is 11.5 Å². The van der Waals surface area contributed by atoms with Crippen LogP contribution in [0, 0.1) is 5.92 Å². The van der Waals surface area contributed by atoms with Crippen LogP contribution in [0.2, 0.25) is 0 Å². The van der Waals surface area contributed by atoms with Crippen molar-refractivity contribution >= 4 is 21.9 Å². The van der Waals surface area contributed by atoms with Gasteiger partial charge in [-0.15, -0.1) is 0 Å². The molecule has 0 aliphatic carbocycles. The van der Waals surface area contributed by atoms with Gasteiger partial charge in [-0.25, -0.2) is 0 Å². The third kappa shape index (κ3) is 2.76. The van der Waals surface area contributed by atoms with E-state index in [4.69, 9.17) is 14.6 Å². The molecule has 0 amide bonds. The van der Waals surface area contributed by atoms with Crippen molar-refractivity contribution in [2.75, 3.05) is 26.3 Å². The van der Waals surface area contributed by atoms with Crippen molar-refractivity contribution in [2.45, 2.75) is 13.0 Å². The third-order valence-electron chi connectivity index (χ3n) is 3.73. The van der Waals surface area contributed by atoms with Crippen LogP contribution >= 0.6 is 15.9 Å². The number of carboxylic acid groups (broad SMARTS) is 1. The zero-order valence-corrected chi connectivity index (χ0v) is 12.6. The number of aliphatic carboxylic acids is 1. The lowest BCUT2D eigenvalue weighted by molar-refractivity contribution is -0.141. The zero-order chi connectivity index (χ0) is 14.1. The summed E-state index contributed by atoms with van der Waals surface area (Å²) in [5, 5.41) is 9.04. The van der Waals surface area contributed by atoms with Gasteiger partial charge in [0.05, 0.1) is 5.92 Å². The largest absolute Gasteiger partial charge is 0.486 e. The number of carbonyl (C=O) groups is 1. The maximum Gasteiger partial charge on any atom is 0.307 e. The fraction of sp³-hybridized carbons (Fsp3) is 0.500. The Morgan fingerprint density at radius 1 is 1.35 bits per heavy atom. The third-order valence-corrected chi connectivity index (χ3v) is 4.46. The average Bonchev–Trinajstić information content (AvgIpc) is 2.88. The first-order valence-corrected chi connectivity index (χ1v) is 7.46. The lowest BCUT2D eigenvalue weighted by Gasteiger charge is -2.22. The molecule has 6 heteroatoms. The van der Waals surface area contributed by atoms with Gasteiger partial charge in [0.2, 0.25) is 0 Å². The predicted octanol–water partition coefficient (Wildman–Crippen LogP) is 2.13. The summed E-state index contributed by atoms with van der Waals surface area (Å²) >= 11 is 3.55. The second-order valence-corrected chi connectivity index (χ2v) is 6.00. The molecule has 1 fully saturated rings. The zero-order valence-electron chi connectivity index (χ0n) is 11.0. The number of benzene rings is 1. The van der Waals surface area contributed by atoms with E-state index >= 15 is 0 Å². The Morgan fingerprint density at radius 2 is 2.05 bits per heavy atom. The highest BCUT2D eigenvalue weighted by Crippen LogP contribution is 2.36. The van der Waals surface area contributed by atoms with Crippen LogP contribution in [0.25, 0.3) is 0 Å². The van der Waals surface area contributed by atoms with Gasteiger partial charge in [-0.1, -0.05) is 15.9 Å². The van der Waals surface area contributed by atoms with Crippen LogP contribution in [-0.2, 0) is 11.3 Å². The number of carboxylic acids is 1. The topological polar surface area (TPSA) is 59.0 Å². The van der Waals surface area contributed by atoms with Crippen molar-refractivity contribution in [1.82, 2.24) is 4.90 Å². The van der Waals surface area contributed by atoms with Gasteiger partial charge < -0.3 is 14.6 Å². The molecule has 0 spiro atoms. The number of hydrogen-bond acceptors (Lipinski definition) is 4. The summed E-state index contributed by atoms with van der Waals surface area (Å²) < 4.78 is 12.1. The van der Waals surface area contributed by atoms with Crippen LogP contribution in [0.4, 0.5) is 0 Å². The fourth-order valence-corrected chi connectivity index (χ4v) is 3.09. The Bertz CT molecular complexity index is 534. The maximum absolute atomic E-state index is 11.0. The number of hydrogen-bond donors (Lipinski definition) is 1. The summed E-state index contributed by atoms with van der Waals surface area (Å²) in [4.78, 5) is 13.1. The summed E-state index contributed by atoms with van der Waals surface area (Å²) in [5.74, 6) is 0.583. The highest BCUT2D eigenvalue weighted by Gasteiger charge is 2.28. The SMILES string of the molecule is O=C(O)C1CCN(Cc2cc3c(cc2Br)OCCO3)C1. The smallest absolute Gasteiger partial charge is 0.307 e. The summed E-state index contributed by atoms with van der Waals surface area (Å²) in [5.41, 5.74) is 1.10. The van der Waals surface area contributed by atoms with Gasteiger partial charge in [0.25, 0.3) is 0 Å². The van der Waals surface area contributed by atoms with E-state index in [1.807, 2.05) is 12.1 Å². The quantitative estimate of drug-likeness (QED) is 0.912. The molecule has 3 rings (SSSR count). The Morgan fingerprint density at radius 3 is 2.70 bits per heavy atom. The Kier molecular flexibility index (Phi) is 3.85. The molecule has 1 aromatic carbocycles. The van der Waals surface area contributed by atoms with Crippen molar-refractivity contribution in [3.05, 3.63) is 22.2 Å². The normalized spacial score (nSPS) is 21.9. The van der Waals surface area contributed by atoms with Crippen LogP contribution in [0.1, 0.15) is 12.0 Å². The van der Waals surface area contributed by atoms with Crippen LogP contribution in [0.15, 0.2) is 16.6 Å². The molecule has 1 atom stereocenters. The summed E-state index contributed by atoms with van der Waals surface area (Å²) in [6, 6.07) is 3.90. The first-order chi connectivity index (χ1) is 9.63. The summed E-state index contributed by atoms with van der Waals surface area (Å²) in [6.45, 7) is 3.29. The van der Waals surface area contributed by atoms with Crippen LogP contribution in [0.5, 0.6) is 11.5 Å². The van der Waals surface area contributed by atoms with E-state index in [0.717, 1.165) is 41.0 Å². The first-order valence-electron chi connectivity index (χ1n) is 6.66. The van der Waals surface area contributed by atoms with E-state index in [1.54, 1.807) is 0 Å². The van der Waals surface area contributed by atoms with Gasteiger partial charge in [-0.05, 0) is 30.7 Å². The number of ether oxygens (including phenoxy) is 2. The molecule has 2 heterocycles. The minimum atomic E-state index is -0.700. The molecule has 20 heavy (non-hydrogen) atoms. The van der Waals surface area contributed by atoms with Crippen LogP contribution in [-0.4, -0.2) is 42.3 Å². The van der Waals surface area contributed by atoms with Crippen molar-refractivity contribution in [3.63, 3.8) is 0 Å². The van der Waals surface area contributed by atoms with E-state index in [-0.39, 0.29) is 5.92 Å². The Hall–Kier alpha value is -1.27. The molecule has 1 unspecified atom stereocenters. The minimum absolute atomic E-state index is 0.244. The van der Waals surface area contributed by atoms with Gasteiger partial charge in [0.15, 0.2) is 11.5 Å². The molecular formula is C14H16BrNO4. The van der Waals surface area contributed by atoms with Crippen molar-refractivity contribution in [1.29, 1.82) is 0 Å². The lowest BCUT2D eigenvalue weighted by atomic mass is 10.1. The molecule has 5 nitrogen and oxygen atoms in total. The number of rotatable bonds is 3. The molecule has 1 aromatic rings. The first kappa shape index (κ1) is 13.7. The second kappa shape index (κ2) is 5.61. The highest BCUT2D eigenvalue weighted by molar-refractivity contribution is 9.10. The Balaban J connectivity index is 1.73. The molecule has 1 saturated heterocycles. The average molecular weight is 342 g/mol. The lowest BCUT2D eigenvalue weighted by Crippen LogP contribution is -2.23. The van der Waals surface area contributed by atoms with Crippen LogP contribution < -0.4 is 9.47 Å². The number of nitrogens with zero attached hydrogens (tertiary/aromatic N) is 1. The molecule has 108 valence electrons. The standard InChI is InChI=1S/C14H16BrNO4/c15-11-6-13-12(19-3-4-20-13)5-10(11)8-16-2-1-9(7-16)14(17)18/h5-6,9H,1-4,7-8H2,(H,17,18). The Labute approximate surface area is 125 Å². The van der Waals surface area contributed by atoms with Gasteiger partial charge >= 0.3 is 5.97 Å². The van der Waals surface area contributed by atoms with Crippen molar-refractivity contribution < 1.29 is 19.4 Å². The molecule has 2 aliphatic heterocycles. The van der Waals surface area contributed by atoms with Gasteiger partial charge in [0, 0.05) is 17.6 Å². The molecular weight excluding hydrogens is 326 g/mol. The number of halogens is 1. The number of likely N-dealkylation sites (tertiary alicyclic amines) is 1. The van der Waals surface area contributed by atoms with E-state index in [1.165, 1.54) is 0 Å². The molecule has 1 N–H and O–H groups in total. The van der Waals surface area contributed by atoms with Gasteiger partial charge in [0.1, 0.15) is 13.2 Å². The summed E-state index contributed by atoms with van der Waals surface area (Å²) in [6.07, 6.45) is 0.720. The number of fused-ring (bicyclic) bond motifs is 1. The van der Waals surface area contributed by atoms with E-state index in [9.17, 15) is 4.79 Å². The highest BCUT2D eigenvalue weighted by atomic mass is 79.9. The van der Waals surface area contributed by atoms with Gasteiger partial charge in [-0.3, -0.25) is 9.69 Å². The monoisotopic (exact) mass is 341 g/mol. The molecule has 0 aromatic heterocycles. The molecule has 0 radical (unpaired) electrons. The second-order valence-electron chi connectivity index (χ2n) is 5.15.